The number of carbonyl (C=O) groups is 1. The molecule has 0 unspecified atom stereocenters. The Morgan fingerprint density at radius 3 is 2.73 bits per heavy atom. The third-order valence-corrected chi connectivity index (χ3v) is 7.43. The number of thiophene rings is 1. The molecule has 2 aromatic heterocycles. The van der Waals surface area contributed by atoms with Gasteiger partial charge in [-0.25, -0.2) is 4.98 Å². The van der Waals surface area contributed by atoms with Gasteiger partial charge in [-0.1, -0.05) is 33.3 Å². The molecule has 136 valence electrons. The molecule has 0 atom stereocenters. The van der Waals surface area contributed by atoms with Crippen LogP contribution in [-0.2, 0) is 6.54 Å². The summed E-state index contributed by atoms with van der Waals surface area (Å²) in [5.74, 6) is 0.0604. The lowest BCUT2D eigenvalue weighted by molar-refractivity contribution is 0.0790. The van der Waals surface area contributed by atoms with Crippen LogP contribution >= 0.6 is 38.6 Å². The molecule has 1 amide bonds. The van der Waals surface area contributed by atoms with Crippen LogP contribution in [0.15, 0.2) is 28.7 Å². The van der Waals surface area contributed by atoms with Crippen LogP contribution in [0.4, 0.5) is 5.13 Å². The zero-order valence-corrected chi connectivity index (χ0v) is 18.0. The second-order valence-electron chi connectivity index (χ2n) is 6.70. The van der Waals surface area contributed by atoms with Crippen LogP contribution in [0.25, 0.3) is 9.53 Å². The summed E-state index contributed by atoms with van der Waals surface area (Å²) in [4.78, 5) is 23.5. The molecule has 3 aromatic rings. The van der Waals surface area contributed by atoms with Crippen molar-refractivity contribution in [2.75, 3.05) is 25.0 Å². The van der Waals surface area contributed by atoms with Crippen LogP contribution in [0.3, 0.4) is 0 Å². The van der Waals surface area contributed by atoms with Gasteiger partial charge < -0.3 is 9.80 Å². The van der Waals surface area contributed by atoms with Crippen LogP contribution in [0.1, 0.15) is 33.6 Å². The maximum atomic E-state index is 12.8. The summed E-state index contributed by atoms with van der Waals surface area (Å²) in [5.41, 5.74) is 2.35. The Kier molecular flexibility index (Phi) is 5.03. The van der Waals surface area contributed by atoms with Gasteiger partial charge in [0, 0.05) is 31.2 Å². The summed E-state index contributed by atoms with van der Waals surface area (Å²) in [6.07, 6.45) is 2.49. The molecular formula is C19H20BrN3OS2. The smallest absolute Gasteiger partial charge is 0.264 e. The Bertz CT molecular complexity index is 928. The standard InChI is InChI=1S/C19H20BrN3OS2/c1-12-9-14(20)6-5-13(12)11-22(2)18(24)16-10-15-17(25-16)21-19(26-15)23-7-3-4-8-23/h5-6,9-10H,3-4,7-8,11H2,1-2H3. The average molecular weight is 450 g/mol. The first-order valence-electron chi connectivity index (χ1n) is 8.67. The minimum Gasteiger partial charge on any atom is -0.348 e. The van der Waals surface area contributed by atoms with Gasteiger partial charge in [-0.05, 0) is 49.1 Å². The van der Waals surface area contributed by atoms with E-state index in [4.69, 9.17) is 4.98 Å². The number of halogens is 1. The molecule has 26 heavy (non-hydrogen) atoms. The van der Waals surface area contributed by atoms with Gasteiger partial charge in [0.05, 0.1) is 9.58 Å². The van der Waals surface area contributed by atoms with E-state index in [9.17, 15) is 4.79 Å². The molecule has 1 aliphatic heterocycles. The normalized spacial score (nSPS) is 14.3. The molecule has 1 aromatic carbocycles. The number of aryl methyl sites for hydroxylation is 1. The number of nitrogens with zero attached hydrogens (tertiary/aromatic N) is 3. The van der Waals surface area contributed by atoms with E-state index in [2.05, 4.69) is 39.9 Å². The van der Waals surface area contributed by atoms with Gasteiger partial charge in [0.25, 0.3) is 5.91 Å². The predicted molar refractivity (Wildman–Crippen MR) is 114 cm³/mol. The SMILES string of the molecule is Cc1cc(Br)ccc1CN(C)C(=O)c1cc2sc(N3CCCC3)nc2s1. The molecule has 1 saturated heterocycles. The fraction of sp³-hybridized carbons (Fsp3) is 0.368. The third kappa shape index (κ3) is 3.52. The number of thiazole rings is 1. The van der Waals surface area contributed by atoms with E-state index in [0.717, 1.165) is 42.7 Å². The van der Waals surface area contributed by atoms with E-state index in [1.165, 1.54) is 29.7 Å². The molecule has 0 aliphatic carbocycles. The molecule has 0 radical (unpaired) electrons. The van der Waals surface area contributed by atoms with E-state index < -0.39 is 0 Å². The van der Waals surface area contributed by atoms with Gasteiger partial charge in [-0.3, -0.25) is 4.79 Å². The summed E-state index contributed by atoms with van der Waals surface area (Å²) < 4.78 is 2.18. The molecular weight excluding hydrogens is 430 g/mol. The van der Waals surface area contributed by atoms with Crippen molar-refractivity contribution in [1.29, 1.82) is 0 Å². The predicted octanol–water partition coefficient (Wildman–Crippen LogP) is 5.30. The Balaban J connectivity index is 1.50. The fourth-order valence-electron chi connectivity index (χ4n) is 3.22. The molecule has 1 aliphatic rings. The van der Waals surface area contributed by atoms with Crippen LogP contribution in [-0.4, -0.2) is 35.9 Å². The van der Waals surface area contributed by atoms with Gasteiger partial charge in [-0.2, -0.15) is 0 Å². The van der Waals surface area contributed by atoms with Crippen LogP contribution in [0, 0.1) is 6.92 Å². The summed E-state index contributed by atoms with van der Waals surface area (Å²) in [6.45, 7) is 4.88. The van der Waals surface area contributed by atoms with Crippen molar-refractivity contribution < 1.29 is 4.79 Å². The monoisotopic (exact) mass is 449 g/mol. The summed E-state index contributed by atoms with van der Waals surface area (Å²) in [5, 5.41) is 1.10. The number of aromatic nitrogens is 1. The number of amides is 1. The highest BCUT2D eigenvalue weighted by atomic mass is 79.9. The van der Waals surface area contributed by atoms with Gasteiger partial charge in [0.15, 0.2) is 5.13 Å². The van der Waals surface area contributed by atoms with Crippen molar-refractivity contribution in [1.82, 2.24) is 9.88 Å². The number of rotatable bonds is 4. The highest BCUT2D eigenvalue weighted by Crippen LogP contribution is 2.36. The summed E-state index contributed by atoms with van der Waals surface area (Å²) in [7, 11) is 1.86. The number of benzene rings is 1. The zero-order valence-electron chi connectivity index (χ0n) is 14.8. The number of anilines is 1. The second-order valence-corrected chi connectivity index (χ2v) is 9.66. The maximum absolute atomic E-state index is 12.8. The number of hydrogen-bond donors (Lipinski definition) is 0. The first-order valence-corrected chi connectivity index (χ1v) is 11.1. The molecule has 1 fully saturated rings. The first-order chi connectivity index (χ1) is 12.5. The third-order valence-electron chi connectivity index (χ3n) is 4.72. The Morgan fingerprint density at radius 2 is 2.04 bits per heavy atom. The topological polar surface area (TPSA) is 36.4 Å². The molecule has 0 spiro atoms. The van der Waals surface area contributed by atoms with E-state index in [1.54, 1.807) is 16.2 Å². The minimum absolute atomic E-state index is 0.0604. The fourth-order valence-corrected chi connectivity index (χ4v) is 5.96. The van der Waals surface area contributed by atoms with Crippen LogP contribution in [0.5, 0.6) is 0 Å². The number of hydrogen-bond acceptors (Lipinski definition) is 5. The van der Waals surface area contributed by atoms with Gasteiger partial charge in [0.2, 0.25) is 0 Å². The zero-order chi connectivity index (χ0) is 18.3. The molecule has 0 saturated carbocycles. The van der Waals surface area contributed by atoms with Gasteiger partial charge in [0.1, 0.15) is 4.83 Å². The quantitative estimate of drug-likeness (QED) is 0.541. The molecule has 3 heterocycles. The summed E-state index contributed by atoms with van der Waals surface area (Å²) >= 11 is 6.69. The van der Waals surface area contributed by atoms with Gasteiger partial charge in [-0.15, -0.1) is 11.3 Å². The Hall–Kier alpha value is -1.44. The lowest BCUT2D eigenvalue weighted by Gasteiger charge is -2.18. The first kappa shape index (κ1) is 17.9. The highest BCUT2D eigenvalue weighted by Gasteiger charge is 2.21. The van der Waals surface area contributed by atoms with Crippen LogP contribution < -0.4 is 4.90 Å². The average Bonchev–Trinajstić information content (AvgIpc) is 3.31. The largest absolute Gasteiger partial charge is 0.348 e. The lowest BCUT2D eigenvalue weighted by Crippen LogP contribution is -2.25. The molecule has 4 rings (SSSR count). The second kappa shape index (κ2) is 7.29. The number of fused-ring (bicyclic) bond motifs is 1. The van der Waals surface area contributed by atoms with Crippen molar-refractivity contribution in [2.24, 2.45) is 0 Å². The highest BCUT2D eigenvalue weighted by molar-refractivity contribution is 9.10. The Morgan fingerprint density at radius 1 is 1.27 bits per heavy atom. The molecule has 0 bridgehead atoms. The van der Waals surface area contributed by atoms with E-state index in [0.29, 0.717) is 6.54 Å². The van der Waals surface area contributed by atoms with Crippen molar-refractivity contribution in [2.45, 2.75) is 26.3 Å². The van der Waals surface area contributed by atoms with Crippen molar-refractivity contribution in [3.63, 3.8) is 0 Å². The van der Waals surface area contributed by atoms with Crippen molar-refractivity contribution in [3.8, 4) is 0 Å². The minimum atomic E-state index is 0.0604. The number of carbonyl (C=O) groups excluding carboxylic acids is 1. The van der Waals surface area contributed by atoms with Crippen LogP contribution in [0.2, 0.25) is 0 Å². The van der Waals surface area contributed by atoms with Crippen molar-refractivity contribution in [3.05, 3.63) is 44.7 Å². The van der Waals surface area contributed by atoms with Gasteiger partial charge >= 0.3 is 0 Å². The molecule has 0 N–H and O–H groups in total. The summed E-state index contributed by atoms with van der Waals surface area (Å²) in [6, 6.07) is 8.18. The molecule has 4 nitrogen and oxygen atoms in total. The van der Waals surface area contributed by atoms with E-state index in [-0.39, 0.29) is 5.91 Å². The Labute approximate surface area is 169 Å². The maximum Gasteiger partial charge on any atom is 0.264 e. The van der Waals surface area contributed by atoms with E-state index >= 15 is 0 Å². The molecule has 7 heteroatoms. The van der Waals surface area contributed by atoms with Crippen molar-refractivity contribution >= 4 is 59.2 Å². The lowest BCUT2D eigenvalue weighted by atomic mass is 10.1. The van der Waals surface area contributed by atoms with E-state index in [1.807, 2.05) is 19.2 Å².